The Labute approximate surface area is 360 Å². The first-order chi connectivity index (χ1) is 29.6. The molecule has 0 saturated heterocycles. The zero-order chi connectivity index (χ0) is 41.4. The molecule has 0 aliphatic carbocycles. The minimum absolute atomic E-state index is 0.651. The van der Waals surface area contributed by atoms with Crippen LogP contribution in [0.5, 0.6) is 11.5 Å². The summed E-state index contributed by atoms with van der Waals surface area (Å²) in [5.41, 5.74) is 9.96. The molecule has 6 nitrogen and oxygen atoms in total. The van der Waals surface area contributed by atoms with Gasteiger partial charge in [0.25, 0.3) is 0 Å². The molecule has 2 heterocycles. The van der Waals surface area contributed by atoms with E-state index in [0.717, 1.165) is 104 Å². The van der Waals surface area contributed by atoms with Crippen LogP contribution in [0, 0.1) is 0 Å². The van der Waals surface area contributed by atoms with E-state index in [0.29, 0.717) is 5.56 Å². The monoisotopic (exact) mass is 815 g/mol. The largest absolute Gasteiger partial charge is 0.494 e. The number of carbonyl (C=O) groups excluding carboxylic acids is 1. The minimum atomic E-state index is 0.651. The van der Waals surface area contributed by atoms with Crippen molar-refractivity contribution in [2.45, 2.75) is 90.9 Å². The number of hydrogen-bond donors (Lipinski definition) is 0. The lowest BCUT2D eigenvalue weighted by molar-refractivity contribution is 0.112. The molecule has 7 heteroatoms. The molecule has 308 valence electrons. The Bertz CT molecular complexity index is 2290. The molecule has 2 aromatic heterocycles. The lowest BCUT2D eigenvalue weighted by Gasteiger charge is -2.26. The highest BCUT2D eigenvalue weighted by molar-refractivity contribution is 7.20. The molecule has 0 radical (unpaired) electrons. The third kappa shape index (κ3) is 11.1. The summed E-state index contributed by atoms with van der Waals surface area (Å²) >= 11 is 1.68. The van der Waals surface area contributed by atoms with E-state index in [-0.39, 0.29) is 0 Å². The molecule has 0 N–H and O–H groups in total. The average Bonchev–Trinajstić information content (AvgIpc) is 3.69. The van der Waals surface area contributed by atoms with Crippen LogP contribution in [-0.2, 0) is 0 Å². The lowest BCUT2D eigenvalue weighted by atomic mass is 10.0. The molecule has 0 saturated carbocycles. The highest BCUT2D eigenvalue weighted by Gasteiger charge is 2.18. The van der Waals surface area contributed by atoms with Gasteiger partial charge in [0, 0.05) is 35.0 Å². The van der Waals surface area contributed by atoms with Crippen molar-refractivity contribution in [1.82, 2.24) is 9.97 Å². The summed E-state index contributed by atoms with van der Waals surface area (Å²) in [5, 5.41) is 0. The van der Waals surface area contributed by atoms with Crippen LogP contribution in [0.2, 0.25) is 0 Å². The SMILES string of the molecule is CCCCCCCCOc1ccc(N(c2ccc(OCCCCCCCC)cc2)c2ccc(-c3ccc(-c4sc(-c5ccc(C=O)cc5)c5nccnc45)cc3)cc2)cc1. The normalized spacial score (nSPS) is 11.2. The van der Waals surface area contributed by atoms with Crippen molar-refractivity contribution in [3.8, 4) is 43.5 Å². The zero-order valence-electron chi connectivity index (χ0n) is 35.2. The highest BCUT2D eigenvalue weighted by Crippen LogP contribution is 2.43. The van der Waals surface area contributed by atoms with Crippen molar-refractivity contribution in [3.63, 3.8) is 0 Å². The Morgan fingerprint density at radius 3 is 1.27 bits per heavy atom. The topological polar surface area (TPSA) is 64.6 Å². The van der Waals surface area contributed by atoms with Crippen LogP contribution in [0.3, 0.4) is 0 Å². The van der Waals surface area contributed by atoms with Gasteiger partial charge < -0.3 is 14.4 Å². The second-order valence-electron chi connectivity index (χ2n) is 15.4. The summed E-state index contributed by atoms with van der Waals surface area (Å²) in [4.78, 5) is 25.1. The predicted octanol–water partition coefficient (Wildman–Crippen LogP) is 15.5. The number of rotatable bonds is 23. The van der Waals surface area contributed by atoms with Crippen molar-refractivity contribution in [2.75, 3.05) is 18.1 Å². The fourth-order valence-corrected chi connectivity index (χ4v) is 8.77. The number of hydrogen-bond acceptors (Lipinski definition) is 7. The van der Waals surface area contributed by atoms with Crippen molar-refractivity contribution in [3.05, 3.63) is 139 Å². The summed E-state index contributed by atoms with van der Waals surface area (Å²) in [6.07, 6.45) is 19.3. The van der Waals surface area contributed by atoms with Gasteiger partial charge in [0.2, 0.25) is 0 Å². The van der Waals surface area contributed by atoms with E-state index in [9.17, 15) is 4.79 Å². The maximum absolute atomic E-state index is 11.3. The van der Waals surface area contributed by atoms with Crippen molar-refractivity contribution in [2.24, 2.45) is 0 Å². The molecule has 7 rings (SSSR count). The Balaban J connectivity index is 1.08. The number of anilines is 3. The van der Waals surface area contributed by atoms with Gasteiger partial charge in [0.05, 0.1) is 23.0 Å². The number of unbranched alkanes of at least 4 members (excludes halogenated alkanes) is 10. The fraction of sp³-hybridized carbons (Fsp3) is 0.302. The molecular weight excluding hydrogens is 759 g/mol. The first-order valence-electron chi connectivity index (χ1n) is 21.9. The molecule has 0 aliphatic heterocycles. The Morgan fingerprint density at radius 1 is 0.467 bits per heavy atom. The number of aldehydes is 1. The van der Waals surface area contributed by atoms with Crippen LogP contribution < -0.4 is 14.4 Å². The highest BCUT2D eigenvalue weighted by atomic mass is 32.1. The predicted molar refractivity (Wildman–Crippen MR) is 252 cm³/mol. The third-order valence-corrected chi connectivity index (χ3v) is 12.2. The van der Waals surface area contributed by atoms with Crippen LogP contribution in [0.25, 0.3) is 43.0 Å². The summed E-state index contributed by atoms with van der Waals surface area (Å²) in [6, 6.07) is 42.0. The standard InChI is InChI=1S/C53H57N3O3S/c1-3-5-7-9-11-13-37-58-48-31-27-46(28-32-48)56(47-29-33-49(34-30-47)59-38-14-12-10-8-6-4-2)45-25-23-42(24-26-45)41-19-21-44(22-20-41)53-51-50(54-35-36-55-51)52(60-53)43-17-15-40(39-57)16-18-43/h15-36,39H,3-14,37-38H2,1-2H3. The summed E-state index contributed by atoms with van der Waals surface area (Å²) in [7, 11) is 0. The Kier molecular flexibility index (Phi) is 15.5. The third-order valence-electron chi connectivity index (χ3n) is 11.0. The van der Waals surface area contributed by atoms with Crippen molar-refractivity contribution < 1.29 is 14.3 Å². The van der Waals surface area contributed by atoms with Crippen LogP contribution in [0.4, 0.5) is 17.1 Å². The van der Waals surface area contributed by atoms with E-state index in [1.165, 1.54) is 64.2 Å². The number of nitrogens with zero attached hydrogens (tertiary/aromatic N) is 3. The van der Waals surface area contributed by atoms with Gasteiger partial charge in [0.1, 0.15) is 28.8 Å². The van der Waals surface area contributed by atoms with E-state index in [2.05, 4.69) is 116 Å². The fourth-order valence-electron chi connectivity index (χ4n) is 7.57. The van der Waals surface area contributed by atoms with Crippen LogP contribution in [0.1, 0.15) is 101 Å². The van der Waals surface area contributed by atoms with Crippen molar-refractivity contribution in [1.29, 1.82) is 0 Å². The first kappa shape index (κ1) is 42.3. The van der Waals surface area contributed by atoms with E-state index < -0.39 is 0 Å². The van der Waals surface area contributed by atoms with Gasteiger partial charge >= 0.3 is 0 Å². The second-order valence-corrected chi connectivity index (χ2v) is 16.5. The summed E-state index contributed by atoms with van der Waals surface area (Å²) < 4.78 is 12.3. The van der Waals surface area contributed by atoms with Gasteiger partial charge in [-0.05, 0) is 95.8 Å². The van der Waals surface area contributed by atoms with Gasteiger partial charge in [-0.2, -0.15) is 0 Å². The maximum atomic E-state index is 11.3. The molecule has 5 aromatic carbocycles. The minimum Gasteiger partial charge on any atom is -0.494 e. The second kappa shape index (κ2) is 22.0. The lowest BCUT2D eigenvalue weighted by Crippen LogP contribution is -2.10. The summed E-state index contributed by atoms with van der Waals surface area (Å²) in [5.74, 6) is 1.80. The Hall–Kier alpha value is -5.79. The van der Waals surface area contributed by atoms with E-state index in [1.807, 2.05) is 24.3 Å². The van der Waals surface area contributed by atoms with Gasteiger partial charge in [-0.15, -0.1) is 11.3 Å². The van der Waals surface area contributed by atoms with E-state index in [4.69, 9.17) is 19.4 Å². The van der Waals surface area contributed by atoms with Gasteiger partial charge in [-0.1, -0.05) is 139 Å². The number of thiophene rings is 1. The average molecular weight is 816 g/mol. The number of fused-ring (bicyclic) bond motifs is 1. The molecule has 0 aliphatic rings. The molecule has 0 fully saturated rings. The Morgan fingerprint density at radius 2 is 0.833 bits per heavy atom. The maximum Gasteiger partial charge on any atom is 0.150 e. The molecule has 0 atom stereocenters. The van der Waals surface area contributed by atoms with Gasteiger partial charge in [0.15, 0.2) is 0 Å². The molecule has 0 unspecified atom stereocenters. The molecule has 7 aromatic rings. The first-order valence-corrected chi connectivity index (χ1v) is 22.7. The van der Waals surface area contributed by atoms with Gasteiger partial charge in [-0.3, -0.25) is 14.8 Å². The van der Waals surface area contributed by atoms with Crippen molar-refractivity contribution >= 4 is 45.7 Å². The number of benzene rings is 5. The number of ether oxygens (including phenoxy) is 2. The smallest absolute Gasteiger partial charge is 0.150 e. The zero-order valence-corrected chi connectivity index (χ0v) is 36.0. The number of carbonyl (C=O) groups is 1. The molecular formula is C53H57N3O3S. The molecule has 0 spiro atoms. The molecule has 60 heavy (non-hydrogen) atoms. The molecule has 0 amide bonds. The van der Waals surface area contributed by atoms with Gasteiger partial charge in [-0.25, -0.2) is 0 Å². The van der Waals surface area contributed by atoms with E-state index >= 15 is 0 Å². The quantitative estimate of drug-likeness (QED) is 0.0473. The number of aromatic nitrogens is 2. The van der Waals surface area contributed by atoms with Crippen LogP contribution >= 0.6 is 11.3 Å². The molecule has 0 bridgehead atoms. The van der Waals surface area contributed by atoms with Crippen LogP contribution in [-0.4, -0.2) is 29.5 Å². The van der Waals surface area contributed by atoms with Crippen LogP contribution in [0.15, 0.2) is 134 Å². The summed E-state index contributed by atoms with van der Waals surface area (Å²) in [6.45, 7) is 6.00. The van der Waals surface area contributed by atoms with E-state index in [1.54, 1.807) is 23.7 Å².